The van der Waals surface area contributed by atoms with E-state index in [0.29, 0.717) is 18.6 Å². The first kappa shape index (κ1) is 10.7. The molecule has 0 aromatic rings. The Labute approximate surface area is 91.3 Å². The smallest absolute Gasteiger partial charge is 0.234 e. The molecule has 2 rings (SSSR count). The lowest BCUT2D eigenvalue weighted by atomic mass is 10.2. The number of hydrogen-bond donors (Lipinski definition) is 2. The van der Waals surface area contributed by atoms with Crippen LogP contribution < -0.4 is 10.6 Å². The van der Waals surface area contributed by atoms with Gasteiger partial charge in [0.05, 0.1) is 6.54 Å². The fourth-order valence-corrected chi connectivity index (χ4v) is 2.37. The minimum absolute atomic E-state index is 0.161. The SMILES string of the molecule is O=C(CNC1CC=CC1)NC1CCCC1. The van der Waals surface area contributed by atoms with Crippen molar-refractivity contribution in [2.45, 2.75) is 50.6 Å². The lowest BCUT2D eigenvalue weighted by molar-refractivity contribution is -0.121. The van der Waals surface area contributed by atoms with E-state index in [1.807, 2.05) is 0 Å². The van der Waals surface area contributed by atoms with E-state index in [1.54, 1.807) is 0 Å². The first-order chi connectivity index (χ1) is 7.34. The van der Waals surface area contributed by atoms with Crippen LogP contribution in [0.3, 0.4) is 0 Å². The fourth-order valence-electron chi connectivity index (χ4n) is 2.37. The second-order valence-corrected chi connectivity index (χ2v) is 4.57. The fraction of sp³-hybridized carbons (Fsp3) is 0.750. The molecular formula is C12H20N2O. The molecule has 2 aliphatic rings. The summed E-state index contributed by atoms with van der Waals surface area (Å²) in [5.74, 6) is 0.161. The highest BCUT2D eigenvalue weighted by Gasteiger charge is 2.17. The molecule has 1 amide bonds. The van der Waals surface area contributed by atoms with Crippen molar-refractivity contribution in [3.05, 3.63) is 12.2 Å². The van der Waals surface area contributed by atoms with Crippen molar-refractivity contribution in [2.24, 2.45) is 0 Å². The highest BCUT2D eigenvalue weighted by atomic mass is 16.1. The van der Waals surface area contributed by atoms with Gasteiger partial charge in [-0.3, -0.25) is 4.79 Å². The van der Waals surface area contributed by atoms with Crippen molar-refractivity contribution >= 4 is 5.91 Å². The molecular weight excluding hydrogens is 188 g/mol. The first-order valence-corrected chi connectivity index (χ1v) is 6.02. The normalized spacial score (nSPS) is 22.4. The van der Waals surface area contributed by atoms with Gasteiger partial charge in [-0.2, -0.15) is 0 Å². The third-order valence-electron chi connectivity index (χ3n) is 3.28. The van der Waals surface area contributed by atoms with Crippen molar-refractivity contribution in [2.75, 3.05) is 6.54 Å². The Bertz CT molecular complexity index is 236. The third-order valence-corrected chi connectivity index (χ3v) is 3.28. The van der Waals surface area contributed by atoms with Crippen molar-refractivity contribution in [1.29, 1.82) is 0 Å². The second-order valence-electron chi connectivity index (χ2n) is 4.57. The van der Waals surface area contributed by atoms with Crippen LogP contribution in [0.25, 0.3) is 0 Å². The second kappa shape index (κ2) is 5.31. The lowest BCUT2D eigenvalue weighted by Crippen LogP contribution is -2.41. The average Bonchev–Trinajstić information content (AvgIpc) is 2.86. The van der Waals surface area contributed by atoms with E-state index in [1.165, 1.54) is 12.8 Å². The van der Waals surface area contributed by atoms with Crippen LogP contribution in [0.4, 0.5) is 0 Å². The maximum Gasteiger partial charge on any atom is 0.234 e. The molecule has 15 heavy (non-hydrogen) atoms. The minimum atomic E-state index is 0.161. The predicted molar refractivity (Wildman–Crippen MR) is 60.6 cm³/mol. The molecule has 3 nitrogen and oxygen atoms in total. The molecule has 2 aliphatic carbocycles. The maximum atomic E-state index is 11.6. The summed E-state index contributed by atoms with van der Waals surface area (Å²) in [6.45, 7) is 0.475. The third kappa shape index (κ3) is 3.34. The number of rotatable bonds is 4. The van der Waals surface area contributed by atoms with Gasteiger partial charge in [-0.25, -0.2) is 0 Å². The molecule has 3 heteroatoms. The van der Waals surface area contributed by atoms with E-state index in [-0.39, 0.29) is 5.91 Å². The number of nitrogens with one attached hydrogen (secondary N) is 2. The summed E-state index contributed by atoms with van der Waals surface area (Å²) in [4.78, 5) is 11.6. The predicted octanol–water partition coefficient (Wildman–Crippen LogP) is 1.35. The Morgan fingerprint density at radius 3 is 2.47 bits per heavy atom. The van der Waals surface area contributed by atoms with E-state index in [0.717, 1.165) is 25.7 Å². The van der Waals surface area contributed by atoms with E-state index in [2.05, 4.69) is 22.8 Å². The van der Waals surface area contributed by atoms with Crippen LogP contribution in [0.2, 0.25) is 0 Å². The molecule has 1 fully saturated rings. The van der Waals surface area contributed by atoms with Crippen LogP contribution in [-0.4, -0.2) is 24.5 Å². The molecule has 0 bridgehead atoms. The van der Waals surface area contributed by atoms with Crippen molar-refractivity contribution < 1.29 is 4.79 Å². The molecule has 0 aromatic heterocycles. The Morgan fingerprint density at radius 1 is 1.13 bits per heavy atom. The zero-order valence-corrected chi connectivity index (χ0v) is 9.17. The Kier molecular flexibility index (Phi) is 3.78. The molecule has 1 saturated carbocycles. The molecule has 0 spiro atoms. The summed E-state index contributed by atoms with van der Waals surface area (Å²) in [7, 11) is 0. The highest BCUT2D eigenvalue weighted by molar-refractivity contribution is 5.78. The first-order valence-electron chi connectivity index (χ1n) is 6.02. The molecule has 0 radical (unpaired) electrons. The topological polar surface area (TPSA) is 41.1 Å². The van der Waals surface area contributed by atoms with Crippen LogP contribution in [0.5, 0.6) is 0 Å². The van der Waals surface area contributed by atoms with E-state index >= 15 is 0 Å². The summed E-state index contributed by atoms with van der Waals surface area (Å²) >= 11 is 0. The molecule has 0 unspecified atom stereocenters. The van der Waals surface area contributed by atoms with Gasteiger partial charge in [0.1, 0.15) is 0 Å². The molecule has 0 atom stereocenters. The van der Waals surface area contributed by atoms with Gasteiger partial charge >= 0.3 is 0 Å². The van der Waals surface area contributed by atoms with Gasteiger partial charge in [0, 0.05) is 12.1 Å². The maximum absolute atomic E-state index is 11.6. The van der Waals surface area contributed by atoms with E-state index < -0.39 is 0 Å². The molecule has 84 valence electrons. The molecule has 0 aromatic carbocycles. The average molecular weight is 208 g/mol. The molecule has 0 aliphatic heterocycles. The van der Waals surface area contributed by atoms with Crippen molar-refractivity contribution in [3.63, 3.8) is 0 Å². The quantitative estimate of drug-likeness (QED) is 0.685. The number of amides is 1. The van der Waals surface area contributed by atoms with Gasteiger partial charge < -0.3 is 10.6 Å². The molecule has 0 heterocycles. The zero-order chi connectivity index (χ0) is 10.5. The number of carbonyl (C=O) groups excluding carboxylic acids is 1. The largest absolute Gasteiger partial charge is 0.352 e. The summed E-state index contributed by atoms with van der Waals surface area (Å²) in [5.41, 5.74) is 0. The van der Waals surface area contributed by atoms with Crippen molar-refractivity contribution in [3.8, 4) is 0 Å². The minimum Gasteiger partial charge on any atom is -0.352 e. The van der Waals surface area contributed by atoms with Gasteiger partial charge in [0.2, 0.25) is 5.91 Å². The Morgan fingerprint density at radius 2 is 1.80 bits per heavy atom. The number of carbonyl (C=O) groups is 1. The van der Waals surface area contributed by atoms with Crippen LogP contribution in [0, 0.1) is 0 Å². The van der Waals surface area contributed by atoms with Gasteiger partial charge in [0.15, 0.2) is 0 Å². The van der Waals surface area contributed by atoms with Gasteiger partial charge in [0.25, 0.3) is 0 Å². The zero-order valence-electron chi connectivity index (χ0n) is 9.17. The lowest BCUT2D eigenvalue weighted by Gasteiger charge is -2.15. The standard InChI is InChI=1S/C12H20N2O/c15-12(14-11-7-3-4-8-11)9-13-10-5-1-2-6-10/h1-2,10-11,13H,3-9H2,(H,14,15). The van der Waals surface area contributed by atoms with Gasteiger partial charge in [-0.15, -0.1) is 0 Å². The van der Waals surface area contributed by atoms with Crippen LogP contribution >= 0.6 is 0 Å². The van der Waals surface area contributed by atoms with Crippen molar-refractivity contribution in [1.82, 2.24) is 10.6 Å². The molecule has 0 saturated heterocycles. The Hall–Kier alpha value is -0.830. The Balaban J connectivity index is 1.59. The summed E-state index contributed by atoms with van der Waals surface area (Å²) in [6, 6.07) is 0.931. The summed E-state index contributed by atoms with van der Waals surface area (Å²) in [6.07, 6.45) is 11.3. The van der Waals surface area contributed by atoms with E-state index in [9.17, 15) is 4.79 Å². The van der Waals surface area contributed by atoms with E-state index in [4.69, 9.17) is 0 Å². The summed E-state index contributed by atoms with van der Waals surface area (Å²) < 4.78 is 0. The number of hydrogen-bond acceptors (Lipinski definition) is 2. The summed E-state index contributed by atoms with van der Waals surface area (Å²) in [5, 5.41) is 6.36. The molecule has 2 N–H and O–H groups in total. The monoisotopic (exact) mass is 208 g/mol. The van der Waals surface area contributed by atoms with Crippen LogP contribution in [0.15, 0.2) is 12.2 Å². The van der Waals surface area contributed by atoms with Crippen LogP contribution in [0.1, 0.15) is 38.5 Å². The van der Waals surface area contributed by atoms with Gasteiger partial charge in [-0.05, 0) is 25.7 Å². The highest BCUT2D eigenvalue weighted by Crippen LogP contribution is 2.17. The van der Waals surface area contributed by atoms with Gasteiger partial charge in [-0.1, -0.05) is 25.0 Å². The van der Waals surface area contributed by atoms with Crippen LogP contribution in [-0.2, 0) is 4.79 Å².